The van der Waals surface area contributed by atoms with Crippen LogP contribution in [0.25, 0.3) is 0 Å². The van der Waals surface area contributed by atoms with Crippen LogP contribution in [0.1, 0.15) is 26.2 Å². The van der Waals surface area contributed by atoms with Gasteiger partial charge < -0.3 is 5.32 Å². The molecular formula is C10H17N. The second kappa shape index (κ2) is 4.35. The van der Waals surface area contributed by atoms with E-state index in [2.05, 4.69) is 30.5 Å². The van der Waals surface area contributed by atoms with Crippen molar-refractivity contribution < 1.29 is 0 Å². The van der Waals surface area contributed by atoms with E-state index in [1.807, 2.05) is 7.05 Å². The van der Waals surface area contributed by atoms with Crippen molar-refractivity contribution in [2.24, 2.45) is 0 Å². The van der Waals surface area contributed by atoms with Crippen LogP contribution in [-0.4, -0.2) is 13.1 Å². The lowest BCUT2D eigenvalue weighted by Gasteiger charge is -2.12. The molecule has 0 saturated heterocycles. The standard InChI is InChI=1S/C10H17N/c1-9(11-2)8-10-6-4-3-5-7-10/h4,6-7,9,11H,3,5,8H2,1-2H3. The Morgan fingerprint density at radius 3 is 2.91 bits per heavy atom. The number of nitrogens with one attached hydrogen (secondary N) is 1. The molecule has 62 valence electrons. The molecule has 0 fully saturated rings. The number of allylic oxidation sites excluding steroid dienone is 3. The van der Waals surface area contributed by atoms with Gasteiger partial charge in [0, 0.05) is 6.04 Å². The summed E-state index contributed by atoms with van der Waals surface area (Å²) in [5, 5.41) is 3.24. The summed E-state index contributed by atoms with van der Waals surface area (Å²) in [6, 6.07) is 0.601. The van der Waals surface area contributed by atoms with Crippen molar-refractivity contribution in [3.8, 4) is 0 Å². The first-order valence-corrected chi connectivity index (χ1v) is 4.36. The van der Waals surface area contributed by atoms with Gasteiger partial charge in [0.1, 0.15) is 0 Å². The minimum absolute atomic E-state index is 0.601. The van der Waals surface area contributed by atoms with Gasteiger partial charge in [-0.15, -0.1) is 0 Å². The Hall–Kier alpha value is -0.560. The summed E-state index contributed by atoms with van der Waals surface area (Å²) in [7, 11) is 2.01. The van der Waals surface area contributed by atoms with E-state index in [0.717, 1.165) is 6.42 Å². The summed E-state index contributed by atoms with van der Waals surface area (Å²) >= 11 is 0. The first-order valence-electron chi connectivity index (χ1n) is 4.36. The molecule has 1 aliphatic carbocycles. The zero-order valence-electron chi connectivity index (χ0n) is 7.43. The Bertz CT molecular complexity index is 168. The summed E-state index contributed by atoms with van der Waals surface area (Å²) < 4.78 is 0. The molecule has 1 N–H and O–H groups in total. The van der Waals surface area contributed by atoms with Gasteiger partial charge in [-0.2, -0.15) is 0 Å². The summed E-state index contributed by atoms with van der Waals surface area (Å²) in [6.45, 7) is 2.21. The fourth-order valence-corrected chi connectivity index (χ4v) is 1.27. The molecule has 1 atom stereocenters. The average molecular weight is 151 g/mol. The summed E-state index contributed by atoms with van der Waals surface area (Å²) in [4.78, 5) is 0. The van der Waals surface area contributed by atoms with Crippen LogP contribution in [0.15, 0.2) is 23.8 Å². The van der Waals surface area contributed by atoms with Crippen LogP contribution in [0.4, 0.5) is 0 Å². The molecule has 0 aromatic heterocycles. The highest BCUT2D eigenvalue weighted by Crippen LogP contribution is 2.14. The van der Waals surface area contributed by atoms with E-state index in [0.29, 0.717) is 6.04 Å². The topological polar surface area (TPSA) is 12.0 Å². The van der Waals surface area contributed by atoms with Gasteiger partial charge in [0.25, 0.3) is 0 Å². The van der Waals surface area contributed by atoms with E-state index >= 15 is 0 Å². The lowest BCUT2D eigenvalue weighted by Crippen LogP contribution is -2.21. The van der Waals surface area contributed by atoms with E-state index in [1.165, 1.54) is 18.4 Å². The fraction of sp³-hybridized carbons (Fsp3) is 0.600. The van der Waals surface area contributed by atoms with Gasteiger partial charge in [0.2, 0.25) is 0 Å². The fourth-order valence-electron chi connectivity index (χ4n) is 1.27. The maximum Gasteiger partial charge on any atom is 0.00760 e. The molecule has 1 unspecified atom stereocenters. The molecule has 1 heteroatoms. The summed E-state index contributed by atoms with van der Waals surface area (Å²) in [5.41, 5.74) is 1.48. The van der Waals surface area contributed by atoms with Crippen LogP contribution < -0.4 is 5.32 Å². The van der Waals surface area contributed by atoms with Gasteiger partial charge in [0.05, 0.1) is 0 Å². The first-order chi connectivity index (χ1) is 5.33. The Kier molecular flexibility index (Phi) is 3.37. The van der Waals surface area contributed by atoms with Crippen molar-refractivity contribution >= 4 is 0 Å². The SMILES string of the molecule is CNC(C)CC1=CCCC=C1. The zero-order chi connectivity index (χ0) is 8.10. The van der Waals surface area contributed by atoms with Crippen molar-refractivity contribution in [3.63, 3.8) is 0 Å². The lowest BCUT2D eigenvalue weighted by molar-refractivity contribution is 0.608. The monoisotopic (exact) mass is 151 g/mol. The molecule has 0 aliphatic heterocycles. The molecule has 0 amide bonds. The van der Waals surface area contributed by atoms with Gasteiger partial charge in [-0.25, -0.2) is 0 Å². The van der Waals surface area contributed by atoms with Crippen LogP contribution in [0.3, 0.4) is 0 Å². The van der Waals surface area contributed by atoms with Gasteiger partial charge in [0.15, 0.2) is 0 Å². The maximum atomic E-state index is 3.24. The second-order valence-electron chi connectivity index (χ2n) is 3.15. The summed E-state index contributed by atoms with van der Waals surface area (Å²) in [5.74, 6) is 0. The van der Waals surface area contributed by atoms with Crippen molar-refractivity contribution in [1.82, 2.24) is 5.32 Å². The number of hydrogen-bond acceptors (Lipinski definition) is 1. The third-order valence-electron chi connectivity index (χ3n) is 2.11. The first kappa shape index (κ1) is 8.54. The molecule has 1 nitrogen and oxygen atoms in total. The summed E-state index contributed by atoms with van der Waals surface area (Å²) in [6.07, 6.45) is 10.5. The Balaban J connectivity index is 2.36. The second-order valence-corrected chi connectivity index (χ2v) is 3.15. The molecule has 0 spiro atoms. The van der Waals surface area contributed by atoms with E-state index < -0.39 is 0 Å². The van der Waals surface area contributed by atoms with Crippen LogP contribution >= 0.6 is 0 Å². The van der Waals surface area contributed by atoms with Gasteiger partial charge in [-0.05, 0) is 33.2 Å². The van der Waals surface area contributed by atoms with E-state index in [1.54, 1.807) is 0 Å². The lowest BCUT2D eigenvalue weighted by atomic mass is 10.0. The van der Waals surface area contributed by atoms with Crippen LogP contribution in [-0.2, 0) is 0 Å². The molecule has 0 radical (unpaired) electrons. The quantitative estimate of drug-likeness (QED) is 0.652. The average Bonchev–Trinajstić information content (AvgIpc) is 2.06. The van der Waals surface area contributed by atoms with Crippen molar-refractivity contribution in [2.75, 3.05) is 7.05 Å². The molecule has 0 saturated carbocycles. The molecule has 0 aromatic rings. The molecular weight excluding hydrogens is 134 g/mol. The smallest absolute Gasteiger partial charge is 0.00760 e. The third kappa shape index (κ3) is 2.89. The molecule has 0 heterocycles. The van der Waals surface area contributed by atoms with Gasteiger partial charge in [-0.3, -0.25) is 0 Å². The van der Waals surface area contributed by atoms with E-state index in [9.17, 15) is 0 Å². The normalized spacial score (nSPS) is 19.6. The van der Waals surface area contributed by atoms with Crippen LogP contribution in [0, 0.1) is 0 Å². The van der Waals surface area contributed by atoms with E-state index in [4.69, 9.17) is 0 Å². The molecule has 1 rings (SSSR count). The van der Waals surface area contributed by atoms with Crippen molar-refractivity contribution in [3.05, 3.63) is 23.8 Å². The minimum atomic E-state index is 0.601. The van der Waals surface area contributed by atoms with Gasteiger partial charge in [-0.1, -0.05) is 23.8 Å². The number of hydrogen-bond donors (Lipinski definition) is 1. The largest absolute Gasteiger partial charge is 0.317 e. The predicted octanol–water partition coefficient (Wildman–Crippen LogP) is 2.26. The highest BCUT2D eigenvalue weighted by Gasteiger charge is 2.01. The van der Waals surface area contributed by atoms with Crippen LogP contribution in [0.5, 0.6) is 0 Å². The highest BCUT2D eigenvalue weighted by molar-refractivity contribution is 5.22. The predicted molar refractivity (Wildman–Crippen MR) is 49.6 cm³/mol. The Morgan fingerprint density at radius 2 is 2.36 bits per heavy atom. The highest BCUT2D eigenvalue weighted by atomic mass is 14.8. The molecule has 0 bridgehead atoms. The van der Waals surface area contributed by atoms with Crippen molar-refractivity contribution in [2.45, 2.75) is 32.2 Å². The van der Waals surface area contributed by atoms with Crippen LogP contribution in [0.2, 0.25) is 0 Å². The maximum absolute atomic E-state index is 3.24. The molecule has 11 heavy (non-hydrogen) atoms. The number of rotatable bonds is 3. The van der Waals surface area contributed by atoms with Crippen molar-refractivity contribution in [1.29, 1.82) is 0 Å². The zero-order valence-corrected chi connectivity index (χ0v) is 7.43. The van der Waals surface area contributed by atoms with E-state index in [-0.39, 0.29) is 0 Å². The minimum Gasteiger partial charge on any atom is -0.317 e. The Labute approximate surface area is 69.2 Å². The Morgan fingerprint density at radius 1 is 1.55 bits per heavy atom. The molecule has 1 aliphatic rings. The molecule has 0 aromatic carbocycles. The van der Waals surface area contributed by atoms with Gasteiger partial charge >= 0.3 is 0 Å². The third-order valence-corrected chi connectivity index (χ3v) is 2.11.